The number of nitrogens with zero attached hydrogens (tertiary/aromatic N) is 1. The van der Waals surface area contributed by atoms with Gasteiger partial charge in [-0.05, 0) is 26.3 Å². The van der Waals surface area contributed by atoms with Gasteiger partial charge in [0.1, 0.15) is 6.61 Å². The molecule has 144 valence electrons. The number of hydrogen-bond donors (Lipinski definition) is 0. The Morgan fingerprint density at radius 2 is 1.62 bits per heavy atom. The molecule has 0 aromatic heterocycles. The number of alkyl halides is 2. The molecule has 0 unspecified atom stereocenters. The maximum atomic E-state index is 13.4. The molecular formula is C17H16BrClF5NO. The fraction of sp³-hybridized carbons (Fsp3) is 0.353. The van der Waals surface area contributed by atoms with Crippen molar-refractivity contribution in [1.82, 2.24) is 0 Å². The smallest absolute Gasteiger partial charge is 0.200 e. The first-order chi connectivity index (χ1) is 12.2. The Morgan fingerprint density at radius 3 is 2.15 bits per heavy atom. The van der Waals surface area contributed by atoms with Gasteiger partial charge in [-0.3, -0.25) is 0 Å². The van der Waals surface area contributed by atoms with E-state index in [0.717, 1.165) is 11.1 Å². The van der Waals surface area contributed by atoms with Crippen LogP contribution in [0, 0.1) is 29.1 Å². The number of oxime groups is 1. The van der Waals surface area contributed by atoms with Crippen molar-refractivity contribution in [1.29, 1.82) is 0 Å². The van der Waals surface area contributed by atoms with Crippen molar-refractivity contribution in [3.8, 4) is 0 Å². The molecule has 0 saturated heterocycles. The SMILES string of the molecule is C/C(=C\C[C@@H](Br)/C(C)=C/C=N/OCc1c(F)c(F)c(F)c(F)c1F)CCl. The molecular weight excluding hydrogens is 445 g/mol. The van der Waals surface area contributed by atoms with Gasteiger partial charge in [-0.25, -0.2) is 22.0 Å². The van der Waals surface area contributed by atoms with Crippen LogP contribution in [0.3, 0.4) is 0 Å². The molecule has 0 aliphatic rings. The zero-order valence-electron chi connectivity index (χ0n) is 13.9. The standard InChI is InChI=1S/C17H16BrClF5NO/c1-9(7-19)3-4-12(18)10(2)5-6-25-26-8-11-13(20)15(22)17(24)16(23)14(11)21/h3,5-6,12H,4,7-8H2,1-2H3/b9-3+,10-5+,25-6+/t12-/m1/s1. The quantitative estimate of drug-likeness (QED) is 0.0865. The summed E-state index contributed by atoms with van der Waals surface area (Å²) >= 11 is 9.15. The topological polar surface area (TPSA) is 21.6 Å². The van der Waals surface area contributed by atoms with Gasteiger partial charge in [0.15, 0.2) is 23.3 Å². The summed E-state index contributed by atoms with van der Waals surface area (Å²) in [6.45, 7) is 2.82. The second-order valence-corrected chi connectivity index (χ2v) is 6.75. The van der Waals surface area contributed by atoms with Gasteiger partial charge in [0.25, 0.3) is 0 Å². The van der Waals surface area contributed by atoms with Crippen LogP contribution in [-0.4, -0.2) is 16.9 Å². The van der Waals surface area contributed by atoms with Crippen LogP contribution < -0.4 is 0 Å². The predicted molar refractivity (Wildman–Crippen MR) is 95.1 cm³/mol. The minimum atomic E-state index is -2.22. The lowest BCUT2D eigenvalue weighted by molar-refractivity contribution is 0.124. The highest BCUT2D eigenvalue weighted by molar-refractivity contribution is 9.09. The van der Waals surface area contributed by atoms with Crippen LogP contribution >= 0.6 is 27.5 Å². The summed E-state index contributed by atoms with van der Waals surface area (Å²) in [7, 11) is 0. The second kappa shape index (κ2) is 10.7. The van der Waals surface area contributed by atoms with Gasteiger partial charge in [0.2, 0.25) is 5.82 Å². The van der Waals surface area contributed by atoms with Crippen molar-refractivity contribution in [2.24, 2.45) is 5.16 Å². The van der Waals surface area contributed by atoms with E-state index in [2.05, 4.69) is 25.9 Å². The van der Waals surface area contributed by atoms with Crippen molar-refractivity contribution in [2.45, 2.75) is 31.7 Å². The minimum absolute atomic E-state index is 0.0160. The summed E-state index contributed by atoms with van der Waals surface area (Å²) in [5.41, 5.74) is 0.829. The average molecular weight is 461 g/mol. The monoisotopic (exact) mass is 459 g/mol. The first kappa shape index (κ1) is 22.6. The van der Waals surface area contributed by atoms with Crippen LogP contribution in [0.5, 0.6) is 0 Å². The third-order valence-corrected chi connectivity index (χ3v) is 4.88. The summed E-state index contributed by atoms with van der Waals surface area (Å²) in [4.78, 5) is 4.64. The minimum Gasteiger partial charge on any atom is -0.391 e. The molecule has 1 rings (SSSR count). The van der Waals surface area contributed by atoms with Gasteiger partial charge in [-0.1, -0.05) is 38.3 Å². The van der Waals surface area contributed by atoms with Gasteiger partial charge in [0, 0.05) is 10.7 Å². The molecule has 1 atom stereocenters. The Hall–Kier alpha value is -1.41. The van der Waals surface area contributed by atoms with Crippen molar-refractivity contribution >= 4 is 33.7 Å². The number of rotatable bonds is 8. The molecule has 0 aliphatic heterocycles. The van der Waals surface area contributed by atoms with Crippen LogP contribution in [0.25, 0.3) is 0 Å². The Balaban J connectivity index is 2.69. The first-order valence-electron chi connectivity index (χ1n) is 7.38. The van der Waals surface area contributed by atoms with Crippen LogP contribution in [0.4, 0.5) is 22.0 Å². The van der Waals surface area contributed by atoms with E-state index in [1.165, 1.54) is 6.21 Å². The molecule has 0 spiro atoms. The Morgan fingerprint density at radius 1 is 1.08 bits per heavy atom. The van der Waals surface area contributed by atoms with Crippen LogP contribution in [-0.2, 0) is 11.4 Å². The fourth-order valence-corrected chi connectivity index (χ4v) is 2.17. The molecule has 0 radical (unpaired) electrons. The lowest BCUT2D eigenvalue weighted by Crippen LogP contribution is -2.07. The van der Waals surface area contributed by atoms with Gasteiger partial charge >= 0.3 is 0 Å². The summed E-state index contributed by atoms with van der Waals surface area (Å²) < 4.78 is 65.9. The van der Waals surface area contributed by atoms with Crippen molar-refractivity contribution in [2.75, 3.05) is 5.88 Å². The number of halogens is 7. The second-order valence-electron chi connectivity index (χ2n) is 5.37. The molecule has 0 saturated carbocycles. The largest absolute Gasteiger partial charge is 0.391 e. The lowest BCUT2D eigenvalue weighted by Gasteiger charge is -2.07. The van der Waals surface area contributed by atoms with E-state index in [-0.39, 0.29) is 4.83 Å². The molecule has 1 aromatic carbocycles. The summed E-state index contributed by atoms with van der Waals surface area (Å²) in [6.07, 6.45) is 5.47. The normalized spacial score (nSPS) is 14.2. The Kier molecular flexibility index (Phi) is 9.29. The molecule has 0 heterocycles. The van der Waals surface area contributed by atoms with E-state index < -0.39 is 41.3 Å². The number of benzene rings is 1. The van der Waals surface area contributed by atoms with E-state index in [0.29, 0.717) is 12.3 Å². The lowest BCUT2D eigenvalue weighted by atomic mass is 10.1. The summed E-state index contributed by atoms with van der Waals surface area (Å²) in [5, 5.41) is 3.43. The highest BCUT2D eigenvalue weighted by Crippen LogP contribution is 2.23. The van der Waals surface area contributed by atoms with Crippen LogP contribution in [0.2, 0.25) is 0 Å². The number of allylic oxidation sites excluding steroid dienone is 4. The van der Waals surface area contributed by atoms with Crippen molar-refractivity contribution in [3.05, 3.63) is 57.9 Å². The highest BCUT2D eigenvalue weighted by Gasteiger charge is 2.25. The Bertz CT molecular complexity index is 707. The molecule has 9 heteroatoms. The first-order valence-corrected chi connectivity index (χ1v) is 8.83. The van der Waals surface area contributed by atoms with E-state index in [9.17, 15) is 22.0 Å². The summed E-state index contributed by atoms with van der Waals surface area (Å²) in [5.74, 6) is -9.70. The average Bonchev–Trinajstić information content (AvgIpc) is 2.64. The van der Waals surface area contributed by atoms with Crippen LogP contribution in [0.1, 0.15) is 25.8 Å². The van der Waals surface area contributed by atoms with Crippen molar-refractivity contribution < 1.29 is 26.8 Å². The van der Waals surface area contributed by atoms with Crippen molar-refractivity contribution in [3.63, 3.8) is 0 Å². The maximum Gasteiger partial charge on any atom is 0.200 e. The highest BCUT2D eigenvalue weighted by atomic mass is 79.9. The molecule has 0 N–H and O–H groups in total. The van der Waals surface area contributed by atoms with E-state index in [1.54, 1.807) is 6.08 Å². The molecule has 0 bridgehead atoms. The Labute approximate surface area is 161 Å². The van der Waals surface area contributed by atoms with Gasteiger partial charge in [0.05, 0.1) is 11.8 Å². The molecule has 2 nitrogen and oxygen atoms in total. The molecule has 0 fully saturated rings. The van der Waals surface area contributed by atoms with Gasteiger partial charge in [-0.2, -0.15) is 0 Å². The third kappa shape index (κ3) is 6.09. The molecule has 1 aromatic rings. The van der Waals surface area contributed by atoms with Gasteiger partial charge < -0.3 is 4.84 Å². The maximum absolute atomic E-state index is 13.4. The van der Waals surface area contributed by atoms with E-state index in [4.69, 9.17) is 11.6 Å². The molecule has 0 aliphatic carbocycles. The fourth-order valence-electron chi connectivity index (χ4n) is 1.72. The van der Waals surface area contributed by atoms with Gasteiger partial charge in [-0.15, -0.1) is 11.6 Å². The van der Waals surface area contributed by atoms with E-state index in [1.807, 2.05) is 19.9 Å². The molecule has 0 amide bonds. The molecule has 26 heavy (non-hydrogen) atoms. The predicted octanol–water partition coefficient (Wildman–Crippen LogP) is 6.17. The zero-order chi connectivity index (χ0) is 19.9. The number of hydrogen-bond acceptors (Lipinski definition) is 2. The van der Waals surface area contributed by atoms with Crippen LogP contribution in [0.15, 0.2) is 28.5 Å². The van der Waals surface area contributed by atoms with E-state index >= 15 is 0 Å². The summed E-state index contributed by atoms with van der Waals surface area (Å²) in [6, 6.07) is 0. The zero-order valence-corrected chi connectivity index (χ0v) is 16.3. The third-order valence-electron chi connectivity index (χ3n) is 3.36.